The first-order chi connectivity index (χ1) is 10.0. The second-order valence-corrected chi connectivity index (χ2v) is 5.10. The number of aromatic nitrogens is 3. The van der Waals surface area contributed by atoms with Crippen molar-refractivity contribution in [1.29, 1.82) is 0 Å². The lowest BCUT2D eigenvalue weighted by atomic mass is 10.1. The largest absolute Gasteiger partial charge is 0.492 e. The SMILES string of the molecule is CCOc1ccccc1-n1nnc(C(=O)O)c1CC(C)C. The molecule has 1 N–H and O–H groups in total. The van der Waals surface area contributed by atoms with Crippen LogP contribution in [-0.4, -0.2) is 32.7 Å². The number of carboxylic acids is 1. The maximum atomic E-state index is 11.3. The topological polar surface area (TPSA) is 77.2 Å². The van der Waals surface area contributed by atoms with Gasteiger partial charge in [0.25, 0.3) is 0 Å². The van der Waals surface area contributed by atoms with Gasteiger partial charge in [0, 0.05) is 0 Å². The summed E-state index contributed by atoms with van der Waals surface area (Å²) in [5, 5.41) is 17.1. The minimum atomic E-state index is -1.06. The summed E-state index contributed by atoms with van der Waals surface area (Å²) >= 11 is 0. The van der Waals surface area contributed by atoms with E-state index in [9.17, 15) is 9.90 Å². The normalized spacial score (nSPS) is 10.9. The van der Waals surface area contributed by atoms with Gasteiger partial charge in [0.15, 0.2) is 5.69 Å². The molecular weight excluding hydrogens is 270 g/mol. The van der Waals surface area contributed by atoms with Crippen LogP contribution in [0.15, 0.2) is 24.3 Å². The number of hydrogen-bond donors (Lipinski definition) is 1. The number of carboxylic acid groups (broad SMARTS) is 1. The fourth-order valence-corrected chi connectivity index (χ4v) is 2.14. The molecule has 0 spiro atoms. The Bertz CT molecular complexity index is 635. The zero-order valence-corrected chi connectivity index (χ0v) is 12.4. The van der Waals surface area contributed by atoms with Gasteiger partial charge in [-0.2, -0.15) is 0 Å². The predicted octanol–water partition coefficient (Wildman–Crippen LogP) is 2.56. The van der Waals surface area contributed by atoms with Crippen molar-refractivity contribution in [1.82, 2.24) is 15.0 Å². The molecule has 6 heteroatoms. The third-order valence-corrected chi connectivity index (χ3v) is 2.96. The molecule has 1 aromatic carbocycles. The third-order valence-electron chi connectivity index (χ3n) is 2.96. The highest BCUT2D eigenvalue weighted by atomic mass is 16.5. The van der Waals surface area contributed by atoms with Gasteiger partial charge in [-0.25, -0.2) is 9.48 Å². The molecule has 0 amide bonds. The van der Waals surface area contributed by atoms with Crippen LogP contribution in [0.25, 0.3) is 5.69 Å². The van der Waals surface area contributed by atoms with E-state index in [0.717, 1.165) is 0 Å². The quantitative estimate of drug-likeness (QED) is 0.884. The van der Waals surface area contributed by atoms with Crippen LogP contribution >= 0.6 is 0 Å². The number of benzene rings is 1. The summed E-state index contributed by atoms with van der Waals surface area (Å²) in [4.78, 5) is 11.3. The molecule has 0 atom stereocenters. The molecule has 112 valence electrons. The van der Waals surface area contributed by atoms with Crippen molar-refractivity contribution in [2.24, 2.45) is 5.92 Å². The van der Waals surface area contributed by atoms with Crippen molar-refractivity contribution in [3.05, 3.63) is 35.7 Å². The molecule has 1 heterocycles. The number of aromatic carboxylic acids is 1. The Morgan fingerprint density at radius 3 is 2.71 bits per heavy atom. The first-order valence-electron chi connectivity index (χ1n) is 6.94. The van der Waals surface area contributed by atoms with Crippen LogP contribution in [0.4, 0.5) is 0 Å². The van der Waals surface area contributed by atoms with E-state index in [1.165, 1.54) is 0 Å². The third kappa shape index (κ3) is 3.21. The van der Waals surface area contributed by atoms with Crippen molar-refractivity contribution in [3.63, 3.8) is 0 Å². The van der Waals surface area contributed by atoms with E-state index in [-0.39, 0.29) is 5.69 Å². The molecule has 0 aliphatic heterocycles. The molecule has 21 heavy (non-hydrogen) atoms. The van der Waals surface area contributed by atoms with Crippen LogP contribution in [0.1, 0.15) is 37.0 Å². The van der Waals surface area contributed by atoms with Crippen LogP contribution in [-0.2, 0) is 6.42 Å². The van der Waals surface area contributed by atoms with Crippen molar-refractivity contribution in [2.75, 3.05) is 6.61 Å². The Balaban J connectivity index is 2.56. The summed E-state index contributed by atoms with van der Waals surface area (Å²) in [7, 11) is 0. The molecule has 0 radical (unpaired) electrons. The lowest BCUT2D eigenvalue weighted by Gasteiger charge is -2.13. The van der Waals surface area contributed by atoms with E-state index < -0.39 is 5.97 Å². The molecule has 2 aromatic rings. The standard InChI is InChI=1S/C15H19N3O3/c1-4-21-13-8-6-5-7-11(13)18-12(9-10(2)3)14(15(19)20)16-17-18/h5-8,10H,4,9H2,1-3H3,(H,19,20). The first-order valence-corrected chi connectivity index (χ1v) is 6.94. The van der Waals surface area contributed by atoms with Crippen LogP contribution in [0.2, 0.25) is 0 Å². The maximum absolute atomic E-state index is 11.3. The maximum Gasteiger partial charge on any atom is 0.358 e. The molecule has 0 saturated heterocycles. The van der Waals surface area contributed by atoms with E-state index in [1.807, 2.05) is 45.0 Å². The Morgan fingerprint density at radius 2 is 2.10 bits per heavy atom. The van der Waals surface area contributed by atoms with Gasteiger partial charge in [-0.3, -0.25) is 0 Å². The monoisotopic (exact) mass is 289 g/mol. The second-order valence-electron chi connectivity index (χ2n) is 5.10. The van der Waals surface area contributed by atoms with E-state index in [4.69, 9.17) is 4.74 Å². The van der Waals surface area contributed by atoms with E-state index in [1.54, 1.807) is 4.68 Å². The molecule has 0 bridgehead atoms. The van der Waals surface area contributed by atoms with Crippen LogP contribution in [0.5, 0.6) is 5.75 Å². The molecule has 0 unspecified atom stereocenters. The summed E-state index contributed by atoms with van der Waals surface area (Å²) in [5.41, 5.74) is 1.29. The van der Waals surface area contributed by atoms with Crippen LogP contribution in [0, 0.1) is 5.92 Å². The van der Waals surface area contributed by atoms with Gasteiger partial charge >= 0.3 is 5.97 Å². The van der Waals surface area contributed by atoms with E-state index in [0.29, 0.717) is 36.1 Å². The molecule has 0 aliphatic carbocycles. The number of rotatable bonds is 6. The van der Waals surface area contributed by atoms with Crippen molar-refractivity contribution < 1.29 is 14.6 Å². The fraction of sp³-hybridized carbons (Fsp3) is 0.400. The van der Waals surface area contributed by atoms with Crippen molar-refractivity contribution >= 4 is 5.97 Å². The number of hydrogen-bond acceptors (Lipinski definition) is 4. The van der Waals surface area contributed by atoms with Gasteiger partial charge in [0.1, 0.15) is 11.4 Å². The van der Waals surface area contributed by atoms with E-state index in [2.05, 4.69) is 10.3 Å². The predicted molar refractivity (Wildman–Crippen MR) is 78.0 cm³/mol. The van der Waals surface area contributed by atoms with Gasteiger partial charge in [-0.05, 0) is 31.4 Å². The van der Waals surface area contributed by atoms with Crippen LogP contribution in [0.3, 0.4) is 0 Å². The van der Waals surface area contributed by atoms with Gasteiger partial charge in [0.05, 0.1) is 12.3 Å². The highest BCUT2D eigenvalue weighted by molar-refractivity contribution is 5.86. The lowest BCUT2D eigenvalue weighted by Crippen LogP contribution is -2.11. The van der Waals surface area contributed by atoms with Gasteiger partial charge in [-0.1, -0.05) is 31.2 Å². The minimum absolute atomic E-state index is 0.00463. The number of ether oxygens (including phenoxy) is 1. The zero-order valence-electron chi connectivity index (χ0n) is 12.4. The zero-order chi connectivity index (χ0) is 15.4. The lowest BCUT2D eigenvalue weighted by molar-refractivity contribution is 0.0689. The molecule has 1 aromatic heterocycles. The van der Waals surface area contributed by atoms with Gasteiger partial charge in [0.2, 0.25) is 0 Å². The van der Waals surface area contributed by atoms with Crippen molar-refractivity contribution in [2.45, 2.75) is 27.2 Å². The first kappa shape index (κ1) is 15.0. The van der Waals surface area contributed by atoms with Gasteiger partial charge < -0.3 is 9.84 Å². The molecule has 0 fully saturated rings. The smallest absolute Gasteiger partial charge is 0.358 e. The highest BCUT2D eigenvalue weighted by Crippen LogP contribution is 2.25. The average molecular weight is 289 g/mol. The minimum Gasteiger partial charge on any atom is -0.492 e. The number of para-hydroxylation sites is 2. The fourth-order valence-electron chi connectivity index (χ4n) is 2.14. The number of carbonyl (C=O) groups is 1. The summed E-state index contributed by atoms with van der Waals surface area (Å²) in [6.45, 7) is 6.47. The second kappa shape index (κ2) is 6.39. The highest BCUT2D eigenvalue weighted by Gasteiger charge is 2.22. The molecular formula is C15H19N3O3. The summed E-state index contributed by atoms with van der Waals surface area (Å²) in [5.74, 6) is -0.114. The average Bonchev–Trinajstić information content (AvgIpc) is 2.82. The Labute approximate surface area is 123 Å². The molecule has 0 saturated carbocycles. The number of nitrogens with zero attached hydrogens (tertiary/aromatic N) is 3. The molecule has 6 nitrogen and oxygen atoms in total. The molecule has 2 rings (SSSR count). The summed E-state index contributed by atoms with van der Waals surface area (Å²) in [6, 6.07) is 7.40. The Morgan fingerprint density at radius 1 is 1.38 bits per heavy atom. The van der Waals surface area contributed by atoms with Crippen molar-refractivity contribution in [3.8, 4) is 11.4 Å². The van der Waals surface area contributed by atoms with Crippen LogP contribution < -0.4 is 4.74 Å². The Hall–Kier alpha value is -2.37. The summed E-state index contributed by atoms with van der Waals surface area (Å²) in [6.07, 6.45) is 0.578. The van der Waals surface area contributed by atoms with E-state index >= 15 is 0 Å². The Kier molecular flexibility index (Phi) is 4.57. The summed E-state index contributed by atoms with van der Waals surface area (Å²) < 4.78 is 7.15. The van der Waals surface area contributed by atoms with Gasteiger partial charge in [-0.15, -0.1) is 5.10 Å². The molecule has 0 aliphatic rings.